The van der Waals surface area contributed by atoms with Crippen molar-refractivity contribution in [3.8, 4) is 0 Å². The molecule has 1 aromatic rings. The summed E-state index contributed by atoms with van der Waals surface area (Å²) in [6, 6.07) is 0. The molecular formula is C15H24N4. The van der Waals surface area contributed by atoms with Crippen molar-refractivity contribution in [3.63, 3.8) is 0 Å². The van der Waals surface area contributed by atoms with Crippen molar-refractivity contribution in [1.82, 2.24) is 20.1 Å². The lowest BCUT2D eigenvalue weighted by Gasteiger charge is -2.56. The van der Waals surface area contributed by atoms with E-state index in [4.69, 9.17) is 5.10 Å². The lowest BCUT2D eigenvalue weighted by atomic mass is 9.53. The Balaban J connectivity index is 1.71. The van der Waals surface area contributed by atoms with Gasteiger partial charge in [-0.15, -0.1) is 0 Å². The summed E-state index contributed by atoms with van der Waals surface area (Å²) in [6.45, 7) is 2.91. The van der Waals surface area contributed by atoms with E-state index in [1.54, 1.807) is 0 Å². The molecule has 1 heterocycles. The molecule has 19 heavy (non-hydrogen) atoms. The van der Waals surface area contributed by atoms with Crippen LogP contribution in [0.3, 0.4) is 0 Å². The van der Waals surface area contributed by atoms with Gasteiger partial charge in [0.05, 0.1) is 12.1 Å². The molecule has 4 saturated carbocycles. The standard InChI is InChI=1S/C15H24N4/c1-10-17-14(9-16-2)18-19(10)15-6-11-3-12(7-15)5-13(4-11)8-15/h11-13,16H,3-9H2,1-2H3. The Labute approximate surface area is 115 Å². The van der Waals surface area contributed by atoms with Crippen LogP contribution in [-0.2, 0) is 12.1 Å². The van der Waals surface area contributed by atoms with Gasteiger partial charge in [0.15, 0.2) is 5.82 Å². The van der Waals surface area contributed by atoms with E-state index in [2.05, 4.69) is 21.9 Å². The SMILES string of the molecule is CNCc1nc(C)n(C23CC4CC(CC(C4)C2)C3)n1. The van der Waals surface area contributed by atoms with E-state index in [0.717, 1.165) is 35.9 Å². The Hall–Kier alpha value is -0.900. The summed E-state index contributed by atoms with van der Waals surface area (Å²) in [5.41, 5.74) is 0.317. The van der Waals surface area contributed by atoms with Gasteiger partial charge < -0.3 is 5.32 Å². The number of hydrogen-bond donors (Lipinski definition) is 1. The smallest absolute Gasteiger partial charge is 0.164 e. The zero-order chi connectivity index (χ0) is 13.0. The topological polar surface area (TPSA) is 42.7 Å². The predicted molar refractivity (Wildman–Crippen MR) is 73.7 cm³/mol. The number of rotatable bonds is 3. The maximum atomic E-state index is 4.83. The van der Waals surface area contributed by atoms with E-state index in [-0.39, 0.29) is 0 Å². The maximum absolute atomic E-state index is 4.83. The second-order valence-corrected chi connectivity index (χ2v) is 7.16. The van der Waals surface area contributed by atoms with Crippen molar-refractivity contribution in [2.24, 2.45) is 17.8 Å². The molecule has 0 spiro atoms. The summed E-state index contributed by atoms with van der Waals surface area (Å²) >= 11 is 0. The normalized spacial score (nSPS) is 40.0. The Morgan fingerprint density at radius 1 is 1.16 bits per heavy atom. The summed E-state index contributed by atoms with van der Waals surface area (Å²) in [7, 11) is 1.96. The van der Waals surface area contributed by atoms with E-state index in [1.165, 1.54) is 38.5 Å². The van der Waals surface area contributed by atoms with Crippen LogP contribution in [0.5, 0.6) is 0 Å². The molecule has 0 atom stereocenters. The second-order valence-electron chi connectivity index (χ2n) is 7.16. The third-order valence-corrected chi connectivity index (χ3v) is 5.60. The fraction of sp³-hybridized carbons (Fsp3) is 0.867. The average molecular weight is 260 g/mol. The third-order valence-electron chi connectivity index (χ3n) is 5.60. The van der Waals surface area contributed by atoms with Crippen LogP contribution in [0.25, 0.3) is 0 Å². The molecule has 4 heteroatoms. The minimum Gasteiger partial charge on any atom is -0.313 e. The molecule has 5 rings (SSSR count). The molecule has 0 unspecified atom stereocenters. The molecular weight excluding hydrogens is 236 g/mol. The zero-order valence-corrected chi connectivity index (χ0v) is 12.0. The van der Waals surface area contributed by atoms with Gasteiger partial charge in [-0.05, 0) is 70.3 Å². The van der Waals surface area contributed by atoms with Crippen molar-refractivity contribution in [3.05, 3.63) is 11.6 Å². The first-order valence-electron chi connectivity index (χ1n) is 7.76. The zero-order valence-electron chi connectivity index (χ0n) is 12.0. The van der Waals surface area contributed by atoms with Crippen LogP contribution in [0.1, 0.15) is 50.2 Å². The molecule has 4 aliphatic rings. The molecule has 1 N–H and O–H groups in total. The minimum absolute atomic E-state index is 0.317. The average Bonchev–Trinajstić information content (AvgIpc) is 2.70. The summed E-state index contributed by atoms with van der Waals surface area (Å²) in [4.78, 5) is 4.65. The first kappa shape index (κ1) is 11.9. The van der Waals surface area contributed by atoms with Crippen LogP contribution >= 0.6 is 0 Å². The van der Waals surface area contributed by atoms with Gasteiger partial charge in [-0.25, -0.2) is 9.67 Å². The van der Waals surface area contributed by atoms with E-state index < -0.39 is 0 Å². The van der Waals surface area contributed by atoms with Crippen LogP contribution in [0, 0.1) is 24.7 Å². The number of nitrogens with one attached hydrogen (secondary N) is 1. The van der Waals surface area contributed by atoms with Gasteiger partial charge in [-0.2, -0.15) is 5.10 Å². The van der Waals surface area contributed by atoms with Gasteiger partial charge in [-0.3, -0.25) is 0 Å². The van der Waals surface area contributed by atoms with E-state index in [1.807, 2.05) is 7.05 Å². The fourth-order valence-electron chi connectivity index (χ4n) is 5.45. The quantitative estimate of drug-likeness (QED) is 0.906. The van der Waals surface area contributed by atoms with Gasteiger partial charge >= 0.3 is 0 Å². The summed E-state index contributed by atoms with van der Waals surface area (Å²) < 4.78 is 2.31. The lowest BCUT2D eigenvalue weighted by Crippen LogP contribution is -2.52. The Morgan fingerprint density at radius 3 is 2.26 bits per heavy atom. The van der Waals surface area contributed by atoms with E-state index >= 15 is 0 Å². The van der Waals surface area contributed by atoms with Crippen LogP contribution in [-0.4, -0.2) is 21.8 Å². The molecule has 4 bridgehead atoms. The maximum Gasteiger partial charge on any atom is 0.164 e. The van der Waals surface area contributed by atoms with Crippen molar-refractivity contribution in [1.29, 1.82) is 0 Å². The molecule has 4 aliphatic carbocycles. The Morgan fingerprint density at radius 2 is 1.74 bits per heavy atom. The first-order chi connectivity index (χ1) is 9.18. The molecule has 0 saturated heterocycles. The lowest BCUT2D eigenvalue weighted by molar-refractivity contribution is -0.0507. The molecule has 4 nitrogen and oxygen atoms in total. The fourth-order valence-corrected chi connectivity index (χ4v) is 5.45. The summed E-state index contributed by atoms with van der Waals surface area (Å²) in [6.07, 6.45) is 8.50. The van der Waals surface area contributed by atoms with Crippen LogP contribution in [0.4, 0.5) is 0 Å². The van der Waals surface area contributed by atoms with Gasteiger partial charge in [0.2, 0.25) is 0 Å². The highest BCUT2D eigenvalue weighted by atomic mass is 15.4. The van der Waals surface area contributed by atoms with Crippen molar-refractivity contribution in [2.45, 2.75) is 57.5 Å². The monoisotopic (exact) mass is 260 g/mol. The van der Waals surface area contributed by atoms with Crippen molar-refractivity contribution < 1.29 is 0 Å². The molecule has 0 aliphatic heterocycles. The second kappa shape index (κ2) is 4.05. The molecule has 104 valence electrons. The van der Waals surface area contributed by atoms with Gasteiger partial charge in [0.25, 0.3) is 0 Å². The largest absolute Gasteiger partial charge is 0.313 e. The molecule has 1 aromatic heterocycles. The highest BCUT2D eigenvalue weighted by Crippen LogP contribution is 2.58. The first-order valence-corrected chi connectivity index (χ1v) is 7.76. The van der Waals surface area contributed by atoms with Crippen LogP contribution < -0.4 is 5.32 Å². The number of aromatic nitrogens is 3. The van der Waals surface area contributed by atoms with Crippen molar-refractivity contribution >= 4 is 0 Å². The predicted octanol–water partition coefficient (Wildman–Crippen LogP) is 2.23. The summed E-state index contributed by atoms with van der Waals surface area (Å²) in [5.74, 6) is 4.95. The van der Waals surface area contributed by atoms with Crippen LogP contribution in [0.15, 0.2) is 0 Å². The number of nitrogens with zero attached hydrogens (tertiary/aromatic N) is 3. The van der Waals surface area contributed by atoms with Crippen LogP contribution in [0.2, 0.25) is 0 Å². The van der Waals surface area contributed by atoms with Gasteiger partial charge in [0.1, 0.15) is 5.82 Å². The summed E-state index contributed by atoms with van der Waals surface area (Å²) in [5, 5.41) is 7.99. The van der Waals surface area contributed by atoms with E-state index in [9.17, 15) is 0 Å². The van der Waals surface area contributed by atoms with E-state index in [0.29, 0.717) is 5.54 Å². The highest BCUT2D eigenvalue weighted by molar-refractivity contribution is 5.07. The number of hydrogen-bond acceptors (Lipinski definition) is 3. The molecule has 4 fully saturated rings. The minimum atomic E-state index is 0.317. The third kappa shape index (κ3) is 1.76. The van der Waals surface area contributed by atoms with Gasteiger partial charge in [-0.1, -0.05) is 0 Å². The molecule has 0 aromatic carbocycles. The highest BCUT2D eigenvalue weighted by Gasteiger charge is 2.52. The van der Waals surface area contributed by atoms with Crippen molar-refractivity contribution in [2.75, 3.05) is 7.05 Å². The van der Waals surface area contributed by atoms with Gasteiger partial charge in [0, 0.05) is 0 Å². The Bertz CT molecular complexity index is 455. The Kier molecular flexibility index (Phi) is 2.53. The number of aryl methyl sites for hydroxylation is 1. The molecule has 0 amide bonds. The molecule has 0 radical (unpaired) electrons.